The van der Waals surface area contributed by atoms with Crippen LogP contribution in [0.25, 0.3) is 0 Å². The van der Waals surface area contributed by atoms with Gasteiger partial charge in [0.15, 0.2) is 0 Å². The van der Waals surface area contributed by atoms with Gasteiger partial charge in [-0.2, -0.15) is 13.2 Å². The van der Waals surface area contributed by atoms with Gasteiger partial charge in [-0.05, 0) is 51.1 Å². The molecule has 0 radical (unpaired) electrons. The Kier molecular flexibility index (Phi) is 6.60. The second-order valence-corrected chi connectivity index (χ2v) is 6.27. The molecule has 114 valence electrons. The van der Waals surface area contributed by atoms with Crippen molar-refractivity contribution < 1.29 is 13.2 Å². The summed E-state index contributed by atoms with van der Waals surface area (Å²) in [4.78, 5) is 2.47. The van der Waals surface area contributed by atoms with Crippen molar-refractivity contribution in [2.75, 3.05) is 26.2 Å². The number of hydrogen-bond acceptors (Lipinski definition) is 2. The van der Waals surface area contributed by atoms with Crippen molar-refractivity contribution in [3.63, 3.8) is 0 Å². The molecule has 1 atom stereocenters. The van der Waals surface area contributed by atoms with E-state index in [0.29, 0.717) is 11.8 Å². The fourth-order valence-corrected chi connectivity index (χ4v) is 2.79. The molecule has 19 heavy (non-hydrogen) atoms. The molecule has 0 amide bonds. The highest BCUT2D eigenvalue weighted by molar-refractivity contribution is 4.76. The fourth-order valence-electron chi connectivity index (χ4n) is 2.79. The highest BCUT2D eigenvalue weighted by Crippen LogP contribution is 2.23. The summed E-state index contributed by atoms with van der Waals surface area (Å²) in [6.45, 7) is 8.73. The number of rotatable bonds is 6. The van der Waals surface area contributed by atoms with Gasteiger partial charge < -0.3 is 10.2 Å². The van der Waals surface area contributed by atoms with E-state index in [1.807, 2.05) is 6.92 Å². The maximum atomic E-state index is 12.1. The molecule has 0 aromatic heterocycles. The lowest BCUT2D eigenvalue weighted by atomic mass is 9.90. The molecule has 1 aliphatic rings. The number of hydrogen-bond donors (Lipinski definition) is 1. The number of likely N-dealkylation sites (tertiary alicyclic amines) is 1. The van der Waals surface area contributed by atoms with Gasteiger partial charge in [0.1, 0.15) is 0 Å². The first kappa shape index (κ1) is 16.8. The molecule has 1 heterocycles. The van der Waals surface area contributed by atoms with Crippen molar-refractivity contribution in [3.05, 3.63) is 0 Å². The van der Waals surface area contributed by atoms with Crippen molar-refractivity contribution in [1.29, 1.82) is 0 Å². The van der Waals surface area contributed by atoms with E-state index in [4.69, 9.17) is 0 Å². The van der Waals surface area contributed by atoms with Crippen LogP contribution in [0.3, 0.4) is 0 Å². The molecule has 1 rings (SSSR count). The zero-order valence-electron chi connectivity index (χ0n) is 12.3. The topological polar surface area (TPSA) is 15.3 Å². The average Bonchev–Trinajstić information content (AvgIpc) is 2.28. The fraction of sp³-hybridized carbons (Fsp3) is 1.00. The van der Waals surface area contributed by atoms with Gasteiger partial charge in [0.05, 0.1) is 6.54 Å². The quantitative estimate of drug-likeness (QED) is 0.803. The Labute approximate surface area is 114 Å². The molecular weight excluding hydrogens is 253 g/mol. The Hall–Kier alpha value is -0.290. The molecule has 1 saturated heterocycles. The summed E-state index contributed by atoms with van der Waals surface area (Å²) >= 11 is 0. The first-order chi connectivity index (χ1) is 8.76. The standard InChI is InChI=1S/C14H27F3N2/c1-11(2)9-19-6-4-13(5-7-19)8-12(3)18-10-14(15,16)17/h11-13,18H,4-10H2,1-3H3. The average molecular weight is 280 g/mol. The van der Waals surface area contributed by atoms with Crippen molar-refractivity contribution >= 4 is 0 Å². The normalized spacial score (nSPS) is 21.0. The van der Waals surface area contributed by atoms with Crippen LogP contribution in [0.2, 0.25) is 0 Å². The first-order valence-electron chi connectivity index (χ1n) is 7.28. The van der Waals surface area contributed by atoms with E-state index in [2.05, 4.69) is 24.1 Å². The lowest BCUT2D eigenvalue weighted by Crippen LogP contribution is -2.40. The summed E-state index contributed by atoms with van der Waals surface area (Å²) in [7, 11) is 0. The molecule has 0 aliphatic carbocycles. The summed E-state index contributed by atoms with van der Waals surface area (Å²) in [5.41, 5.74) is 0. The van der Waals surface area contributed by atoms with Crippen LogP contribution in [0.1, 0.15) is 40.0 Å². The largest absolute Gasteiger partial charge is 0.401 e. The van der Waals surface area contributed by atoms with Gasteiger partial charge in [0.2, 0.25) is 0 Å². The zero-order chi connectivity index (χ0) is 14.5. The molecule has 5 heteroatoms. The number of nitrogens with zero attached hydrogens (tertiary/aromatic N) is 1. The van der Waals surface area contributed by atoms with Gasteiger partial charge in [-0.25, -0.2) is 0 Å². The Bertz CT molecular complexity index is 246. The monoisotopic (exact) mass is 280 g/mol. The van der Waals surface area contributed by atoms with E-state index in [-0.39, 0.29) is 6.04 Å². The van der Waals surface area contributed by atoms with Gasteiger partial charge in [0.25, 0.3) is 0 Å². The van der Waals surface area contributed by atoms with Crippen molar-refractivity contribution in [2.24, 2.45) is 11.8 Å². The summed E-state index contributed by atoms with van der Waals surface area (Å²) < 4.78 is 36.3. The van der Waals surface area contributed by atoms with E-state index in [0.717, 1.165) is 38.9 Å². The van der Waals surface area contributed by atoms with Gasteiger partial charge in [-0.15, -0.1) is 0 Å². The molecule has 1 aliphatic heterocycles. The Balaban J connectivity index is 2.18. The first-order valence-corrected chi connectivity index (χ1v) is 7.28. The van der Waals surface area contributed by atoms with Gasteiger partial charge in [-0.3, -0.25) is 0 Å². The molecule has 1 N–H and O–H groups in total. The maximum absolute atomic E-state index is 12.1. The van der Waals surface area contributed by atoms with Crippen LogP contribution in [-0.2, 0) is 0 Å². The van der Waals surface area contributed by atoms with Crippen LogP contribution in [0.15, 0.2) is 0 Å². The van der Waals surface area contributed by atoms with Gasteiger partial charge >= 0.3 is 6.18 Å². The molecule has 1 unspecified atom stereocenters. The Morgan fingerprint density at radius 1 is 1.16 bits per heavy atom. The molecule has 0 saturated carbocycles. The number of nitrogens with one attached hydrogen (secondary N) is 1. The van der Waals surface area contributed by atoms with E-state index in [1.54, 1.807) is 0 Å². The predicted molar refractivity (Wildman–Crippen MR) is 72.1 cm³/mol. The van der Waals surface area contributed by atoms with Gasteiger partial charge in [0, 0.05) is 12.6 Å². The minimum atomic E-state index is -4.10. The minimum absolute atomic E-state index is 0.0525. The van der Waals surface area contributed by atoms with Crippen LogP contribution >= 0.6 is 0 Å². The highest BCUT2D eigenvalue weighted by atomic mass is 19.4. The van der Waals surface area contributed by atoms with Crippen LogP contribution < -0.4 is 5.32 Å². The summed E-state index contributed by atoms with van der Waals surface area (Å²) in [6.07, 6.45) is -1.02. The number of piperidine rings is 1. The van der Waals surface area contributed by atoms with Crippen LogP contribution in [0.5, 0.6) is 0 Å². The Morgan fingerprint density at radius 2 is 1.74 bits per heavy atom. The Morgan fingerprint density at radius 3 is 2.21 bits per heavy atom. The van der Waals surface area contributed by atoms with Crippen molar-refractivity contribution in [3.8, 4) is 0 Å². The lowest BCUT2D eigenvalue weighted by Gasteiger charge is -2.34. The van der Waals surface area contributed by atoms with Crippen LogP contribution in [0.4, 0.5) is 13.2 Å². The van der Waals surface area contributed by atoms with E-state index < -0.39 is 12.7 Å². The SMILES string of the molecule is CC(C)CN1CCC(CC(C)NCC(F)(F)F)CC1. The summed E-state index contributed by atoms with van der Waals surface area (Å²) in [6, 6.07) is -0.0525. The second kappa shape index (κ2) is 7.48. The summed E-state index contributed by atoms with van der Waals surface area (Å²) in [5.74, 6) is 1.25. The third-order valence-electron chi connectivity index (χ3n) is 3.67. The smallest absolute Gasteiger partial charge is 0.306 e. The summed E-state index contributed by atoms with van der Waals surface area (Å²) in [5, 5.41) is 2.57. The van der Waals surface area contributed by atoms with Crippen molar-refractivity contribution in [1.82, 2.24) is 10.2 Å². The number of halogens is 3. The molecule has 2 nitrogen and oxygen atoms in total. The van der Waals surface area contributed by atoms with Crippen LogP contribution in [0, 0.1) is 11.8 Å². The zero-order valence-corrected chi connectivity index (χ0v) is 12.3. The molecule has 1 fully saturated rings. The third kappa shape index (κ3) is 7.78. The van der Waals surface area contributed by atoms with E-state index in [9.17, 15) is 13.2 Å². The van der Waals surface area contributed by atoms with Gasteiger partial charge in [-0.1, -0.05) is 13.8 Å². The molecular formula is C14H27F3N2. The lowest BCUT2D eigenvalue weighted by molar-refractivity contribution is -0.126. The van der Waals surface area contributed by atoms with Crippen LogP contribution in [-0.4, -0.2) is 43.3 Å². The predicted octanol–water partition coefficient (Wildman–Crippen LogP) is 3.28. The maximum Gasteiger partial charge on any atom is 0.401 e. The number of alkyl halides is 3. The minimum Gasteiger partial charge on any atom is -0.306 e. The molecule has 0 aromatic rings. The van der Waals surface area contributed by atoms with E-state index >= 15 is 0 Å². The highest BCUT2D eigenvalue weighted by Gasteiger charge is 2.28. The molecule has 0 aromatic carbocycles. The third-order valence-corrected chi connectivity index (χ3v) is 3.67. The van der Waals surface area contributed by atoms with E-state index in [1.165, 1.54) is 0 Å². The second-order valence-electron chi connectivity index (χ2n) is 6.27. The molecule has 0 spiro atoms. The molecule has 0 bridgehead atoms. The van der Waals surface area contributed by atoms with Crippen molar-refractivity contribution in [2.45, 2.75) is 52.3 Å².